The second kappa shape index (κ2) is 9.66. The van der Waals surface area contributed by atoms with Gasteiger partial charge in [0.05, 0.1) is 15.7 Å². The third-order valence-corrected chi connectivity index (χ3v) is 4.45. The van der Waals surface area contributed by atoms with E-state index in [4.69, 9.17) is 9.47 Å². The van der Waals surface area contributed by atoms with Gasteiger partial charge in [-0.1, -0.05) is 41.9 Å². The van der Waals surface area contributed by atoms with Crippen LogP contribution in [0.3, 0.4) is 0 Å². The SMILES string of the molecule is CCC(=O)Oc1ccccc1C(=O)Nc1cc(Br)cc(Br)c1OC(=O)CC. The lowest BCUT2D eigenvalue weighted by molar-refractivity contribution is -0.134. The smallest absolute Gasteiger partial charge is 0.311 e. The molecule has 0 aliphatic carbocycles. The van der Waals surface area contributed by atoms with Gasteiger partial charge in [0, 0.05) is 17.3 Å². The van der Waals surface area contributed by atoms with Crippen molar-refractivity contribution in [2.45, 2.75) is 26.7 Å². The maximum atomic E-state index is 12.8. The first-order valence-electron chi connectivity index (χ1n) is 8.16. The van der Waals surface area contributed by atoms with Gasteiger partial charge in [0.25, 0.3) is 5.91 Å². The summed E-state index contributed by atoms with van der Waals surface area (Å²) in [5, 5.41) is 2.70. The summed E-state index contributed by atoms with van der Waals surface area (Å²) in [6, 6.07) is 9.72. The fraction of sp³-hybridized carbons (Fsp3) is 0.211. The maximum Gasteiger partial charge on any atom is 0.311 e. The number of para-hydroxylation sites is 1. The standard InChI is InChI=1S/C19H17Br2NO5/c1-3-16(23)26-15-8-6-5-7-12(15)19(25)22-14-10-11(20)9-13(21)18(14)27-17(24)4-2/h5-10H,3-4H2,1-2H3,(H,22,25). The summed E-state index contributed by atoms with van der Waals surface area (Å²) in [6.07, 6.45) is 0.372. The number of hydrogen-bond acceptors (Lipinski definition) is 5. The summed E-state index contributed by atoms with van der Waals surface area (Å²) in [4.78, 5) is 36.1. The van der Waals surface area contributed by atoms with Gasteiger partial charge < -0.3 is 14.8 Å². The Balaban J connectivity index is 2.36. The van der Waals surface area contributed by atoms with E-state index in [-0.39, 0.29) is 29.9 Å². The van der Waals surface area contributed by atoms with E-state index in [9.17, 15) is 14.4 Å². The van der Waals surface area contributed by atoms with Crippen molar-refractivity contribution in [2.24, 2.45) is 0 Å². The third-order valence-electron chi connectivity index (χ3n) is 3.41. The van der Waals surface area contributed by atoms with Crippen LogP contribution in [0.25, 0.3) is 0 Å². The van der Waals surface area contributed by atoms with Gasteiger partial charge in [-0.25, -0.2) is 0 Å². The highest BCUT2D eigenvalue weighted by atomic mass is 79.9. The Hall–Kier alpha value is -2.19. The normalized spacial score (nSPS) is 10.2. The Bertz CT molecular complexity index is 882. The van der Waals surface area contributed by atoms with Crippen LogP contribution in [0.1, 0.15) is 37.0 Å². The molecule has 0 aromatic heterocycles. The van der Waals surface area contributed by atoms with Gasteiger partial charge in [-0.15, -0.1) is 0 Å². The molecule has 0 aliphatic heterocycles. The molecule has 0 spiro atoms. The van der Waals surface area contributed by atoms with Crippen molar-refractivity contribution in [3.63, 3.8) is 0 Å². The molecule has 0 saturated carbocycles. The molecule has 0 unspecified atom stereocenters. The summed E-state index contributed by atoms with van der Waals surface area (Å²) in [5.74, 6) is -1.04. The van der Waals surface area contributed by atoms with Gasteiger partial charge in [-0.2, -0.15) is 0 Å². The number of carbonyl (C=O) groups is 3. The molecule has 8 heteroatoms. The van der Waals surface area contributed by atoms with Crippen LogP contribution in [0.5, 0.6) is 11.5 Å². The molecule has 27 heavy (non-hydrogen) atoms. The Morgan fingerprint density at radius 1 is 0.963 bits per heavy atom. The van der Waals surface area contributed by atoms with E-state index in [1.165, 1.54) is 6.07 Å². The van der Waals surface area contributed by atoms with E-state index in [1.807, 2.05) is 0 Å². The molecule has 142 valence electrons. The Kier molecular flexibility index (Phi) is 7.55. The fourth-order valence-corrected chi connectivity index (χ4v) is 3.38. The minimum Gasteiger partial charge on any atom is -0.426 e. The molecular weight excluding hydrogens is 482 g/mol. The predicted octanol–water partition coefficient (Wildman–Crippen LogP) is 5.09. The van der Waals surface area contributed by atoms with E-state index < -0.39 is 17.8 Å². The number of hydrogen-bond donors (Lipinski definition) is 1. The number of rotatable bonds is 6. The highest BCUT2D eigenvalue weighted by Crippen LogP contribution is 2.37. The largest absolute Gasteiger partial charge is 0.426 e. The molecule has 0 radical (unpaired) electrons. The van der Waals surface area contributed by atoms with Gasteiger partial charge in [-0.05, 0) is 40.2 Å². The quantitative estimate of drug-likeness (QED) is 0.442. The van der Waals surface area contributed by atoms with Crippen LogP contribution in [0.4, 0.5) is 5.69 Å². The van der Waals surface area contributed by atoms with Gasteiger partial charge in [0.15, 0.2) is 5.75 Å². The maximum absolute atomic E-state index is 12.8. The summed E-state index contributed by atoms with van der Waals surface area (Å²) >= 11 is 6.67. The zero-order chi connectivity index (χ0) is 20.0. The molecule has 0 fully saturated rings. The number of carbonyl (C=O) groups excluding carboxylic acids is 3. The summed E-state index contributed by atoms with van der Waals surface area (Å²) in [5.41, 5.74) is 0.475. The second-order valence-corrected chi connectivity index (χ2v) is 7.14. The Morgan fingerprint density at radius 2 is 1.59 bits per heavy atom. The molecule has 0 aliphatic rings. The average Bonchev–Trinajstić information content (AvgIpc) is 2.64. The molecular formula is C19H17Br2NO5. The van der Waals surface area contributed by atoms with Crippen molar-refractivity contribution in [1.82, 2.24) is 0 Å². The zero-order valence-corrected chi connectivity index (χ0v) is 17.8. The first-order valence-corrected chi connectivity index (χ1v) is 9.75. The van der Waals surface area contributed by atoms with Crippen molar-refractivity contribution >= 4 is 55.4 Å². The van der Waals surface area contributed by atoms with Crippen LogP contribution in [0.15, 0.2) is 45.3 Å². The van der Waals surface area contributed by atoms with Crippen molar-refractivity contribution in [2.75, 3.05) is 5.32 Å². The topological polar surface area (TPSA) is 81.7 Å². The molecule has 1 amide bonds. The van der Waals surface area contributed by atoms with Crippen LogP contribution in [0.2, 0.25) is 0 Å². The fourth-order valence-electron chi connectivity index (χ4n) is 2.07. The summed E-state index contributed by atoms with van der Waals surface area (Å²) in [6.45, 7) is 3.34. The van der Waals surface area contributed by atoms with E-state index >= 15 is 0 Å². The average molecular weight is 499 g/mol. The highest BCUT2D eigenvalue weighted by Gasteiger charge is 2.19. The molecule has 0 atom stereocenters. The minimum atomic E-state index is -0.506. The number of amides is 1. The van der Waals surface area contributed by atoms with Crippen molar-refractivity contribution < 1.29 is 23.9 Å². The van der Waals surface area contributed by atoms with Crippen LogP contribution in [-0.4, -0.2) is 17.8 Å². The minimum absolute atomic E-state index is 0.156. The molecule has 2 rings (SSSR count). The number of ether oxygens (including phenoxy) is 2. The monoisotopic (exact) mass is 497 g/mol. The van der Waals surface area contributed by atoms with E-state index in [2.05, 4.69) is 37.2 Å². The molecule has 2 aromatic carbocycles. The molecule has 1 N–H and O–H groups in total. The molecule has 0 saturated heterocycles. The number of benzene rings is 2. The zero-order valence-electron chi connectivity index (χ0n) is 14.7. The highest BCUT2D eigenvalue weighted by molar-refractivity contribution is 9.11. The van der Waals surface area contributed by atoms with Crippen LogP contribution >= 0.6 is 31.9 Å². The summed E-state index contributed by atoms with van der Waals surface area (Å²) < 4.78 is 11.7. The molecule has 0 bridgehead atoms. The molecule has 6 nitrogen and oxygen atoms in total. The van der Waals surface area contributed by atoms with E-state index in [0.717, 1.165) is 0 Å². The molecule has 0 heterocycles. The number of halogens is 2. The number of nitrogens with one attached hydrogen (secondary N) is 1. The van der Waals surface area contributed by atoms with Crippen molar-refractivity contribution in [3.05, 3.63) is 50.9 Å². The van der Waals surface area contributed by atoms with Gasteiger partial charge in [-0.3, -0.25) is 14.4 Å². The van der Waals surface area contributed by atoms with Crippen molar-refractivity contribution in [3.8, 4) is 11.5 Å². The number of esters is 2. The first-order chi connectivity index (χ1) is 12.8. The van der Waals surface area contributed by atoms with Gasteiger partial charge >= 0.3 is 11.9 Å². The van der Waals surface area contributed by atoms with E-state index in [0.29, 0.717) is 14.6 Å². The van der Waals surface area contributed by atoms with Crippen LogP contribution in [0, 0.1) is 0 Å². The molecule has 2 aromatic rings. The van der Waals surface area contributed by atoms with Gasteiger partial charge in [0.2, 0.25) is 0 Å². The van der Waals surface area contributed by atoms with Gasteiger partial charge in [0.1, 0.15) is 5.75 Å². The lowest BCUT2D eigenvalue weighted by atomic mass is 10.1. The van der Waals surface area contributed by atoms with E-state index in [1.54, 1.807) is 44.2 Å². The number of anilines is 1. The first kappa shape index (κ1) is 21.1. The predicted molar refractivity (Wildman–Crippen MR) is 108 cm³/mol. The lowest BCUT2D eigenvalue weighted by Crippen LogP contribution is -2.17. The Labute approximate surface area is 173 Å². The van der Waals surface area contributed by atoms with Crippen LogP contribution < -0.4 is 14.8 Å². The summed E-state index contributed by atoms with van der Waals surface area (Å²) in [7, 11) is 0. The lowest BCUT2D eigenvalue weighted by Gasteiger charge is -2.15. The second-order valence-electron chi connectivity index (χ2n) is 5.37. The van der Waals surface area contributed by atoms with Crippen LogP contribution in [-0.2, 0) is 9.59 Å². The third kappa shape index (κ3) is 5.64. The Morgan fingerprint density at radius 3 is 2.26 bits per heavy atom. The van der Waals surface area contributed by atoms with Crippen molar-refractivity contribution in [1.29, 1.82) is 0 Å².